The lowest BCUT2D eigenvalue weighted by molar-refractivity contribution is -0.133. The van der Waals surface area contributed by atoms with E-state index in [4.69, 9.17) is 0 Å². The first kappa shape index (κ1) is 19.2. The van der Waals surface area contributed by atoms with E-state index in [1.807, 2.05) is 6.92 Å². The quantitative estimate of drug-likeness (QED) is 0.762. The summed E-state index contributed by atoms with van der Waals surface area (Å²) >= 11 is 0. The topological polar surface area (TPSA) is 101 Å². The van der Waals surface area contributed by atoms with Crippen LogP contribution in [0.15, 0.2) is 10.9 Å². The fourth-order valence-electron chi connectivity index (χ4n) is 4.15. The lowest BCUT2D eigenvalue weighted by Crippen LogP contribution is -2.38. The highest BCUT2D eigenvalue weighted by Crippen LogP contribution is 2.34. The number of rotatable bonds is 3. The average Bonchev–Trinajstić information content (AvgIpc) is 3.25. The first-order chi connectivity index (χ1) is 13.8. The van der Waals surface area contributed by atoms with Gasteiger partial charge in [0.25, 0.3) is 0 Å². The maximum absolute atomic E-state index is 13.0. The van der Waals surface area contributed by atoms with Crippen molar-refractivity contribution in [1.82, 2.24) is 24.4 Å². The number of likely N-dealkylation sites (tertiary alicyclic amines) is 1. The van der Waals surface area contributed by atoms with Crippen molar-refractivity contribution in [3.63, 3.8) is 0 Å². The molecular weight excluding hydrogens is 372 g/mol. The summed E-state index contributed by atoms with van der Waals surface area (Å²) < 4.78 is 1.39. The van der Waals surface area contributed by atoms with Gasteiger partial charge in [0.15, 0.2) is 5.82 Å². The van der Waals surface area contributed by atoms with Gasteiger partial charge in [-0.25, -0.2) is 14.8 Å². The molecule has 0 unspecified atom stereocenters. The molecular formula is C20H24N6O3. The molecule has 4 heterocycles. The zero-order chi connectivity index (χ0) is 20.9. The zero-order valence-corrected chi connectivity index (χ0v) is 17.1. The van der Waals surface area contributed by atoms with Crippen LogP contribution in [0.5, 0.6) is 0 Å². The van der Waals surface area contributed by atoms with Crippen LogP contribution in [0.3, 0.4) is 0 Å². The number of fused-ring (bicyclic) bond motifs is 1. The molecule has 1 saturated heterocycles. The van der Waals surface area contributed by atoms with Crippen molar-refractivity contribution in [2.75, 3.05) is 18.5 Å². The second kappa shape index (κ2) is 7.06. The Kier molecular flexibility index (Phi) is 4.68. The van der Waals surface area contributed by atoms with E-state index in [0.29, 0.717) is 36.0 Å². The molecule has 9 heteroatoms. The third kappa shape index (κ3) is 3.30. The number of aromatic nitrogens is 4. The molecule has 4 rings (SSSR count). The summed E-state index contributed by atoms with van der Waals surface area (Å²) in [6, 6.07) is 1.53. The lowest BCUT2D eigenvalue weighted by Gasteiger charge is -2.25. The second-order valence-electron chi connectivity index (χ2n) is 7.75. The maximum Gasteiger partial charge on any atom is 0.348 e. The molecule has 0 saturated carbocycles. The molecule has 29 heavy (non-hydrogen) atoms. The Labute approximate surface area is 168 Å². The maximum atomic E-state index is 13.0. The minimum atomic E-state index is -0.420. The van der Waals surface area contributed by atoms with Crippen molar-refractivity contribution in [1.29, 1.82) is 0 Å². The van der Waals surface area contributed by atoms with Crippen molar-refractivity contribution in [3.05, 3.63) is 45.0 Å². The van der Waals surface area contributed by atoms with Crippen molar-refractivity contribution < 1.29 is 9.59 Å². The number of hydrogen-bond acceptors (Lipinski definition) is 6. The highest BCUT2D eigenvalue weighted by molar-refractivity contribution is 6.00. The Morgan fingerprint density at radius 2 is 1.93 bits per heavy atom. The number of nitrogens with zero attached hydrogens (tertiary/aromatic N) is 6. The third-order valence-corrected chi connectivity index (χ3v) is 5.74. The predicted octanol–water partition coefficient (Wildman–Crippen LogP) is 0.841. The monoisotopic (exact) mass is 396 g/mol. The van der Waals surface area contributed by atoms with Crippen LogP contribution in [0.4, 0.5) is 5.82 Å². The molecule has 1 fully saturated rings. The van der Waals surface area contributed by atoms with E-state index in [9.17, 15) is 14.4 Å². The van der Waals surface area contributed by atoms with Crippen molar-refractivity contribution in [3.8, 4) is 0 Å². The van der Waals surface area contributed by atoms with Gasteiger partial charge in [-0.3, -0.25) is 19.1 Å². The van der Waals surface area contributed by atoms with Gasteiger partial charge in [0.1, 0.15) is 12.4 Å². The molecule has 0 radical (unpaired) electrons. The molecule has 2 aliphatic heterocycles. The molecule has 1 atom stereocenters. The number of hydrogen-bond donors (Lipinski definition) is 0. The van der Waals surface area contributed by atoms with Crippen molar-refractivity contribution >= 4 is 17.6 Å². The average molecular weight is 396 g/mol. The van der Waals surface area contributed by atoms with Gasteiger partial charge in [-0.1, -0.05) is 0 Å². The highest BCUT2D eigenvalue weighted by Gasteiger charge is 2.35. The summed E-state index contributed by atoms with van der Waals surface area (Å²) in [4.78, 5) is 53.8. The van der Waals surface area contributed by atoms with E-state index >= 15 is 0 Å². The molecule has 2 aliphatic rings. The van der Waals surface area contributed by atoms with Crippen LogP contribution in [0, 0.1) is 20.8 Å². The third-order valence-electron chi connectivity index (χ3n) is 5.74. The van der Waals surface area contributed by atoms with Gasteiger partial charge in [-0.2, -0.15) is 4.98 Å². The minimum Gasteiger partial charge on any atom is -0.331 e. The van der Waals surface area contributed by atoms with Gasteiger partial charge in [-0.15, -0.1) is 0 Å². The van der Waals surface area contributed by atoms with Gasteiger partial charge in [0.05, 0.1) is 12.5 Å². The van der Waals surface area contributed by atoms with Gasteiger partial charge < -0.3 is 4.90 Å². The van der Waals surface area contributed by atoms with Gasteiger partial charge >= 0.3 is 5.69 Å². The first-order valence-electron chi connectivity index (χ1n) is 9.74. The summed E-state index contributed by atoms with van der Waals surface area (Å²) in [5.74, 6) is 1.02. The molecule has 152 valence electrons. The van der Waals surface area contributed by atoms with Crippen LogP contribution in [-0.4, -0.2) is 49.8 Å². The predicted molar refractivity (Wildman–Crippen MR) is 106 cm³/mol. The van der Waals surface area contributed by atoms with E-state index in [1.54, 1.807) is 36.8 Å². The first-order valence-corrected chi connectivity index (χ1v) is 9.74. The van der Waals surface area contributed by atoms with E-state index in [2.05, 4.69) is 15.0 Å². The number of aryl methyl sites for hydroxylation is 3. The minimum absolute atomic E-state index is 0.00405. The van der Waals surface area contributed by atoms with E-state index in [0.717, 1.165) is 24.1 Å². The van der Waals surface area contributed by atoms with Crippen LogP contribution in [0.25, 0.3) is 0 Å². The Hall–Kier alpha value is -3.10. The largest absolute Gasteiger partial charge is 0.348 e. The van der Waals surface area contributed by atoms with Crippen LogP contribution in [-0.2, 0) is 22.6 Å². The summed E-state index contributed by atoms with van der Waals surface area (Å²) in [5.41, 5.74) is 2.55. The lowest BCUT2D eigenvalue weighted by atomic mass is 10.1. The highest BCUT2D eigenvalue weighted by atomic mass is 16.2. The summed E-state index contributed by atoms with van der Waals surface area (Å²) in [7, 11) is 1.71. The second-order valence-corrected chi connectivity index (χ2v) is 7.75. The van der Waals surface area contributed by atoms with E-state index in [1.165, 1.54) is 4.57 Å². The molecule has 2 aromatic heterocycles. The molecule has 0 bridgehead atoms. The number of anilines is 1. The van der Waals surface area contributed by atoms with Crippen LogP contribution >= 0.6 is 0 Å². The zero-order valence-electron chi connectivity index (χ0n) is 17.1. The SMILES string of the molecule is Cc1cc(C)n(CC(=O)N2CCC[C@H]2c2nc(C)c3c(n2)N(C)C(=O)C3)c(=O)n1. The molecule has 0 aliphatic carbocycles. The normalized spacial score (nSPS) is 18.5. The fraction of sp³-hybridized carbons (Fsp3) is 0.500. The van der Waals surface area contributed by atoms with Crippen LogP contribution in [0.1, 0.15) is 47.4 Å². The van der Waals surface area contributed by atoms with Crippen LogP contribution < -0.4 is 10.6 Å². The Morgan fingerprint density at radius 3 is 2.66 bits per heavy atom. The summed E-state index contributed by atoms with van der Waals surface area (Å²) in [5, 5.41) is 0. The molecule has 0 aromatic carbocycles. The summed E-state index contributed by atoms with van der Waals surface area (Å²) in [6.07, 6.45) is 1.90. The number of likely N-dealkylation sites (N-methyl/N-ethyl adjacent to an activating group) is 1. The number of amides is 2. The standard InChI is InChI=1S/C20H24N6O3/c1-11-8-12(2)26(20(29)21-11)10-17(28)25-7-5-6-15(25)18-22-13(3)14-9-16(27)24(4)19(14)23-18/h8,15H,5-7,9-10H2,1-4H3/t15-/m0/s1. The van der Waals surface area contributed by atoms with Crippen molar-refractivity contribution in [2.45, 2.75) is 52.6 Å². The summed E-state index contributed by atoms with van der Waals surface area (Å²) in [6.45, 7) is 5.96. The number of carbonyl (C=O) groups excluding carboxylic acids is 2. The van der Waals surface area contributed by atoms with Gasteiger partial charge in [0, 0.05) is 36.2 Å². The fourth-order valence-corrected chi connectivity index (χ4v) is 4.15. The molecule has 0 N–H and O–H groups in total. The van der Waals surface area contributed by atoms with E-state index in [-0.39, 0.29) is 24.4 Å². The smallest absolute Gasteiger partial charge is 0.331 e. The van der Waals surface area contributed by atoms with Crippen molar-refractivity contribution in [2.24, 2.45) is 0 Å². The van der Waals surface area contributed by atoms with E-state index < -0.39 is 5.69 Å². The number of carbonyl (C=O) groups is 2. The molecule has 2 aromatic rings. The Bertz CT molecular complexity index is 1080. The van der Waals surface area contributed by atoms with Crippen LogP contribution in [0.2, 0.25) is 0 Å². The molecule has 9 nitrogen and oxygen atoms in total. The van der Waals surface area contributed by atoms with Gasteiger partial charge in [-0.05, 0) is 39.7 Å². The Morgan fingerprint density at radius 1 is 1.17 bits per heavy atom. The Balaban J connectivity index is 1.62. The van der Waals surface area contributed by atoms with Gasteiger partial charge in [0.2, 0.25) is 11.8 Å². The molecule has 2 amide bonds. The molecule has 0 spiro atoms.